The molecule has 1 aromatic carbocycles. The maximum absolute atomic E-state index is 13.3. The fourth-order valence-electron chi connectivity index (χ4n) is 3.66. The zero-order valence-corrected chi connectivity index (χ0v) is 20.6. The lowest BCUT2D eigenvalue weighted by molar-refractivity contribution is -0.142. The second-order valence-corrected chi connectivity index (χ2v) is 8.41. The standard InChI is InChI=1S/C26H38N2O5/c1-6-7-8-11-25(29)28(20(2)3)19-26(30)27(18-22-10-9-16-33-22)15-14-21-12-13-23(31-4)24(17-21)32-5/h9-10,12-13,16-17,20H,6-8,11,14-15,18-19H2,1-5H3. The number of furan rings is 1. The highest BCUT2D eigenvalue weighted by Gasteiger charge is 2.24. The number of ether oxygens (including phenoxy) is 2. The van der Waals surface area contributed by atoms with Gasteiger partial charge in [-0.15, -0.1) is 0 Å². The number of hydrogen-bond donors (Lipinski definition) is 0. The Hall–Kier alpha value is -2.96. The molecule has 0 fully saturated rings. The molecule has 1 aromatic heterocycles. The van der Waals surface area contributed by atoms with Gasteiger partial charge in [0, 0.05) is 19.0 Å². The molecule has 2 rings (SSSR count). The van der Waals surface area contributed by atoms with E-state index in [9.17, 15) is 9.59 Å². The third kappa shape index (κ3) is 8.15. The van der Waals surface area contributed by atoms with E-state index in [-0.39, 0.29) is 24.4 Å². The van der Waals surface area contributed by atoms with Crippen LogP contribution in [0.3, 0.4) is 0 Å². The molecule has 2 amide bonds. The van der Waals surface area contributed by atoms with E-state index in [0.29, 0.717) is 43.2 Å². The highest BCUT2D eigenvalue weighted by molar-refractivity contribution is 5.85. The summed E-state index contributed by atoms with van der Waals surface area (Å²) in [6.45, 7) is 6.92. The number of rotatable bonds is 14. The summed E-state index contributed by atoms with van der Waals surface area (Å²) in [5.74, 6) is 1.97. The summed E-state index contributed by atoms with van der Waals surface area (Å²) in [7, 11) is 3.21. The molecule has 0 unspecified atom stereocenters. The van der Waals surface area contributed by atoms with Gasteiger partial charge in [-0.2, -0.15) is 0 Å². The van der Waals surface area contributed by atoms with Crippen LogP contribution in [0.4, 0.5) is 0 Å². The fraction of sp³-hybridized carbons (Fsp3) is 0.538. The molecule has 0 aliphatic heterocycles. The van der Waals surface area contributed by atoms with Crippen LogP contribution in [0.25, 0.3) is 0 Å². The van der Waals surface area contributed by atoms with E-state index in [0.717, 1.165) is 24.8 Å². The number of carbonyl (C=O) groups excluding carboxylic acids is 2. The largest absolute Gasteiger partial charge is 0.493 e. The zero-order valence-electron chi connectivity index (χ0n) is 20.6. The van der Waals surface area contributed by atoms with Gasteiger partial charge in [0.15, 0.2) is 11.5 Å². The van der Waals surface area contributed by atoms with Gasteiger partial charge in [-0.3, -0.25) is 9.59 Å². The third-order valence-electron chi connectivity index (χ3n) is 5.64. The third-order valence-corrected chi connectivity index (χ3v) is 5.64. The Morgan fingerprint density at radius 2 is 1.79 bits per heavy atom. The fourth-order valence-corrected chi connectivity index (χ4v) is 3.66. The van der Waals surface area contributed by atoms with Gasteiger partial charge in [0.25, 0.3) is 0 Å². The van der Waals surface area contributed by atoms with Crippen molar-refractivity contribution < 1.29 is 23.5 Å². The number of nitrogens with zero attached hydrogens (tertiary/aromatic N) is 2. The Morgan fingerprint density at radius 3 is 2.39 bits per heavy atom. The molecule has 1 heterocycles. The first-order chi connectivity index (χ1) is 15.9. The van der Waals surface area contributed by atoms with E-state index in [1.807, 2.05) is 44.2 Å². The molecule has 33 heavy (non-hydrogen) atoms. The van der Waals surface area contributed by atoms with Gasteiger partial charge < -0.3 is 23.7 Å². The molecule has 0 N–H and O–H groups in total. The highest BCUT2D eigenvalue weighted by Crippen LogP contribution is 2.27. The quantitative estimate of drug-likeness (QED) is 0.384. The molecular formula is C26H38N2O5. The summed E-state index contributed by atoms with van der Waals surface area (Å²) >= 11 is 0. The maximum Gasteiger partial charge on any atom is 0.242 e. The van der Waals surface area contributed by atoms with Crippen molar-refractivity contribution in [2.45, 2.75) is 65.5 Å². The molecule has 0 aliphatic carbocycles. The van der Waals surface area contributed by atoms with Crippen LogP contribution >= 0.6 is 0 Å². The van der Waals surface area contributed by atoms with Crippen LogP contribution in [0.15, 0.2) is 41.0 Å². The van der Waals surface area contributed by atoms with Crippen molar-refractivity contribution in [1.29, 1.82) is 0 Å². The molecule has 7 heteroatoms. The Morgan fingerprint density at radius 1 is 1.03 bits per heavy atom. The molecule has 0 atom stereocenters. The van der Waals surface area contributed by atoms with Crippen molar-refractivity contribution in [3.63, 3.8) is 0 Å². The van der Waals surface area contributed by atoms with Crippen molar-refractivity contribution in [3.05, 3.63) is 47.9 Å². The topological polar surface area (TPSA) is 72.2 Å². The number of hydrogen-bond acceptors (Lipinski definition) is 5. The van der Waals surface area contributed by atoms with Gasteiger partial charge in [-0.05, 0) is 56.5 Å². The second-order valence-electron chi connectivity index (χ2n) is 8.41. The number of benzene rings is 1. The number of amides is 2. The Kier molecular flexibility index (Phi) is 10.8. The minimum Gasteiger partial charge on any atom is -0.493 e. The first kappa shape index (κ1) is 26.3. The SMILES string of the molecule is CCCCCC(=O)N(CC(=O)N(CCc1ccc(OC)c(OC)c1)Cc1ccco1)C(C)C. The summed E-state index contributed by atoms with van der Waals surface area (Å²) in [4.78, 5) is 29.5. The van der Waals surface area contributed by atoms with Crippen molar-refractivity contribution in [3.8, 4) is 11.5 Å². The van der Waals surface area contributed by atoms with Gasteiger partial charge >= 0.3 is 0 Å². The molecule has 0 saturated carbocycles. The smallest absolute Gasteiger partial charge is 0.242 e. The first-order valence-corrected chi connectivity index (χ1v) is 11.7. The lowest BCUT2D eigenvalue weighted by atomic mass is 10.1. The average molecular weight is 459 g/mol. The summed E-state index contributed by atoms with van der Waals surface area (Å²) in [6.07, 6.45) is 5.64. The van der Waals surface area contributed by atoms with Crippen LogP contribution in [0.1, 0.15) is 57.8 Å². The van der Waals surface area contributed by atoms with E-state index in [1.54, 1.807) is 30.3 Å². The van der Waals surface area contributed by atoms with Gasteiger partial charge in [-0.25, -0.2) is 0 Å². The van der Waals surface area contributed by atoms with Crippen LogP contribution < -0.4 is 9.47 Å². The summed E-state index contributed by atoms with van der Waals surface area (Å²) in [5, 5.41) is 0. The van der Waals surface area contributed by atoms with E-state index in [4.69, 9.17) is 13.9 Å². The van der Waals surface area contributed by atoms with Crippen LogP contribution in [0.5, 0.6) is 11.5 Å². The van der Waals surface area contributed by atoms with Crippen molar-refractivity contribution in [2.24, 2.45) is 0 Å². The van der Waals surface area contributed by atoms with Gasteiger partial charge in [0.2, 0.25) is 11.8 Å². The normalized spacial score (nSPS) is 10.8. The lowest BCUT2D eigenvalue weighted by Gasteiger charge is -2.30. The van der Waals surface area contributed by atoms with E-state index < -0.39 is 0 Å². The number of methoxy groups -OCH3 is 2. The maximum atomic E-state index is 13.3. The molecule has 0 aliphatic rings. The molecule has 0 radical (unpaired) electrons. The molecule has 7 nitrogen and oxygen atoms in total. The minimum atomic E-state index is -0.0931. The zero-order chi connectivity index (χ0) is 24.2. The van der Waals surface area contributed by atoms with Crippen LogP contribution in [0, 0.1) is 0 Å². The first-order valence-electron chi connectivity index (χ1n) is 11.7. The van der Waals surface area contributed by atoms with Gasteiger partial charge in [0.1, 0.15) is 5.76 Å². The predicted molar refractivity (Wildman–Crippen MR) is 128 cm³/mol. The van der Waals surface area contributed by atoms with E-state index >= 15 is 0 Å². The van der Waals surface area contributed by atoms with E-state index in [1.165, 1.54) is 0 Å². The summed E-state index contributed by atoms with van der Waals surface area (Å²) < 4.78 is 16.2. The molecule has 0 spiro atoms. The Labute approximate surface area is 197 Å². The monoisotopic (exact) mass is 458 g/mol. The van der Waals surface area contributed by atoms with Gasteiger partial charge in [0.05, 0.1) is 33.6 Å². The van der Waals surface area contributed by atoms with Crippen LogP contribution in [0.2, 0.25) is 0 Å². The number of carbonyl (C=O) groups is 2. The number of unbranched alkanes of at least 4 members (excludes halogenated alkanes) is 2. The summed E-state index contributed by atoms with van der Waals surface area (Å²) in [6, 6.07) is 9.37. The Bertz CT molecular complexity index is 864. The molecular weight excluding hydrogens is 420 g/mol. The summed E-state index contributed by atoms with van der Waals surface area (Å²) in [5.41, 5.74) is 1.03. The molecule has 2 aromatic rings. The Balaban J connectivity index is 2.11. The highest BCUT2D eigenvalue weighted by atomic mass is 16.5. The van der Waals surface area contributed by atoms with Crippen molar-refractivity contribution >= 4 is 11.8 Å². The molecule has 182 valence electrons. The lowest BCUT2D eigenvalue weighted by Crippen LogP contribution is -2.46. The van der Waals surface area contributed by atoms with Crippen LogP contribution in [-0.4, -0.2) is 55.0 Å². The predicted octanol–water partition coefficient (Wildman–Crippen LogP) is 4.69. The average Bonchev–Trinajstić information content (AvgIpc) is 3.32. The van der Waals surface area contributed by atoms with Crippen molar-refractivity contribution in [1.82, 2.24) is 9.80 Å². The molecule has 0 saturated heterocycles. The molecule has 0 bridgehead atoms. The van der Waals surface area contributed by atoms with Gasteiger partial charge in [-0.1, -0.05) is 25.8 Å². The van der Waals surface area contributed by atoms with Crippen molar-refractivity contribution in [2.75, 3.05) is 27.3 Å². The minimum absolute atomic E-state index is 0.0321. The van der Waals surface area contributed by atoms with Crippen LogP contribution in [-0.2, 0) is 22.6 Å². The second kappa shape index (κ2) is 13.6. The van der Waals surface area contributed by atoms with E-state index in [2.05, 4.69) is 6.92 Å².